The number of rotatable bonds is 6. The third-order valence-electron chi connectivity index (χ3n) is 3.92. The van der Waals surface area contributed by atoms with E-state index in [2.05, 4.69) is 5.32 Å². The van der Waals surface area contributed by atoms with Gasteiger partial charge in [0.25, 0.3) is 0 Å². The summed E-state index contributed by atoms with van der Waals surface area (Å²) in [4.78, 5) is 12.4. The van der Waals surface area contributed by atoms with Gasteiger partial charge in [-0.1, -0.05) is 0 Å². The lowest BCUT2D eigenvalue weighted by Crippen LogP contribution is -2.15. The molecule has 0 bridgehead atoms. The van der Waals surface area contributed by atoms with Crippen molar-refractivity contribution in [2.24, 2.45) is 7.05 Å². The number of carbonyl (C=O) groups is 1. The van der Waals surface area contributed by atoms with Crippen molar-refractivity contribution in [3.05, 3.63) is 41.2 Å². The van der Waals surface area contributed by atoms with Crippen LogP contribution in [0.3, 0.4) is 0 Å². The number of ether oxygens (including phenoxy) is 2. The minimum atomic E-state index is 0.0473. The first kappa shape index (κ1) is 15.9. The van der Waals surface area contributed by atoms with Gasteiger partial charge in [0, 0.05) is 30.1 Å². The van der Waals surface area contributed by atoms with E-state index in [9.17, 15) is 4.79 Å². The van der Waals surface area contributed by atoms with E-state index in [4.69, 9.17) is 9.47 Å². The maximum Gasteiger partial charge on any atom is 0.183 e. The van der Waals surface area contributed by atoms with E-state index < -0.39 is 0 Å². The standard InChI is InChI=1S/C17H22N2O3/c1-11-8-14(12(2)19(11)3)16(20)10-18-15-9-13(21-4)6-7-17(15)22-5/h6-9,18H,10H2,1-5H3. The van der Waals surface area contributed by atoms with Gasteiger partial charge in [0.1, 0.15) is 11.5 Å². The maximum absolute atomic E-state index is 12.4. The van der Waals surface area contributed by atoms with Crippen molar-refractivity contribution in [1.29, 1.82) is 0 Å². The first-order chi connectivity index (χ1) is 10.5. The van der Waals surface area contributed by atoms with Crippen LogP contribution < -0.4 is 14.8 Å². The zero-order chi connectivity index (χ0) is 16.3. The predicted molar refractivity (Wildman–Crippen MR) is 87.3 cm³/mol. The lowest BCUT2D eigenvalue weighted by molar-refractivity contribution is 0.101. The molecule has 1 aromatic carbocycles. The molecule has 5 heteroatoms. The normalized spacial score (nSPS) is 10.4. The molecule has 22 heavy (non-hydrogen) atoms. The summed E-state index contributed by atoms with van der Waals surface area (Å²) >= 11 is 0. The van der Waals surface area contributed by atoms with Crippen molar-refractivity contribution in [2.45, 2.75) is 13.8 Å². The van der Waals surface area contributed by atoms with Crippen LogP contribution in [0, 0.1) is 13.8 Å². The molecule has 1 heterocycles. The molecule has 118 valence electrons. The smallest absolute Gasteiger partial charge is 0.183 e. The molecule has 0 amide bonds. The Morgan fingerprint density at radius 3 is 2.45 bits per heavy atom. The second kappa shape index (κ2) is 6.56. The van der Waals surface area contributed by atoms with Gasteiger partial charge in [-0.15, -0.1) is 0 Å². The maximum atomic E-state index is 12.4. The summed E-state index contributed by atoms with van der Waals surface area (Å²) in [6.45, 7) is 4.14. The molecule has 2 aromatic rings. The summed E-state index contributed by atoms with van der Waals surface area (Å²) in [5.74, 6) is 1.43. The third kappa shape index (κ3) is 3.08. The molecule has 0 saturated heterocycles. The molecule has 2 rings (SSSR count). The second-order valence-electron chi connectivity index (χ2n) is 5.19. The Hall–Kier alpha value is -2.43. The number of benzene rings is 1. The zero-order valence-corrected chi connectivity index (χ0v) is 13.7. The van der Waals surface area contributed by atoms with E-state index >= 15 is 0 Å². The Morgan fingerprint density at radius 2 is 1.91 bits per heavy atom. The fourth-order valence-electron chi connectivity index (χ4n) is 2.36. The molecule has 0 saturated carbocycles. The number of ketones is 1. The zero-order valence-electron chi connectivity index (χ0n) is 13.7. The van der Waals surface area contributed by atoms with Crippen molar-refractivity contribution < 1.29 is 14.3 Å². The van der Waals surface area contributed by atoms with Crippen molar-refractivity contribution in [3.8, 4) is 11.5 Å². The van der Waals surface area contributed by atoms with Gasteiger partial charge in [0.15, 0.2) is 5.78 Å². The fraction of sp³-hybridized carbons (Fsp3) is 0.353. The van der Waals surface area contributed by atoms with Crippen molar-refractivity contribution >= 4 is 11.5 Å². The van der Waals surface area contributed by atoms with E-state index in [-0.39, 0.29) is 12.3 Å². The molecule has 0 aliphatic carbocycles. The highest BCUT2D eigenvalue weighted by Crippen LogP contribution is 2.28. The number of aromatic nitrogens is 1. The number of nitrogens with zero attached hydrogens (tertiary/aromatic N) is 1. The van der Waals surface area contributed by atoms with Crippen LogP contribution >= 0.6 is 0 Å². The van der Waals surface area contributed by atoms with Gasteiger partial charge >= 0.3 is 0 Å². The Morgan fingerprint density at radius 1 is 1.18 bits per heavy atom. The molecule has 5 nitrogen and oxygen atoms in total. The lowest BCUT2D eigenvalue weighted by Gasteiger charge is -2.12. The number of methoxy groups -OCH3 is 2. The van der Waals surface area contributed by atoms with Gasteiger partial charge in [-0.25, -0.2) is 0 Å². The quantitative estimate of drug-likeness (QED) is 0.834. The molecule has 0 unspecified atom stereocenters. The highest BCUT2D eigenvalue weighted by atomic mass is 16.5. The largest absolute Gasteiger partial charge is 0.497 e. The molecule has 1 N–H and O–H groups in total. The van der Waals surface area contributed by atoms with Gasteiger partial charge in [-0.05, 0) is 32.0 Å². The molecule has 0 fully saturated rings. The Bertz CT molecular complexity index is 689. The molecule has 0 atom stereocenters. The van der Waals surface area contributed by atoms with Crippen LogP contribution in [-0.4, -0.2) is 31.1 Å². The average molecular weight is 302 g/mol. The average Bonchev–Trinajstić information content (AvgIpc) is 2.79. The van der Waals surface area contributed by atoms with Gasteiger partial charge in [-0.2, -0.15) is 0 Å². The van der Waals surface area contributed by atoms with Crippen LogP contribution in [0.4, 0.5) is 5.69 Å². The predicted octanol–water partition coefficient (Wildman–Crippen LogP) is 2.95. The summed E-state index contributed by atoms with van der Waals surface area (Å²) in [5.41, 5.74) is 3.52. The molecule has 0 aliphatic heterocycles. The highest BCUT2D eigenvalue weighted by Gasteiger charge is 2.14. The van der Waals surface area contributed by atoms with Crippen LogP contribution in [0.2, 0.25) is 0 Å². The van der Waals surface area contributed by atoms with Gasteiger partial charge in [-0.3, -0.25) is 4.79 Å². The minimum Gasteiger partial charge on any atom is -0.497 e. The Kier molecular flexibility index (Phi) is 4.75. The summed E-state index contributed by atoms with van der Waals surface area (Å²) in [7, 11) is 5.16. The number of carbonyl (C=O) groups excluding carboxylic acids is 1. The molecular weight excluding hydrogens is 280 g/mol. The van der Waals surface area contributed by atoms with Crippen LogP contribution in [0.25, 0.3) is 0 Å². The Labute approximate surface area is 130 Å². The van der Waals surface area contributed by atoms with Crippen LogP contribution in [0.15, 0.2) is 24.3 Å². The van der Waals surface area contributed by atoms with E-state index in [1.165, 1.54) is 0 Å². The summed E-state index contributed by atoms with van der Waals surface area (Å²) in [6, 6.07) is 7.36. The van der Waals surface area contributed by atoms with Crippen LogP contribution in [-0.2, 0) is 7.05 Å². The van der Waals surface area contributed by atoms with Gasteiger partial charge in [0.05, 0.1) is 26.5 Å². The number of hydrogen-bond donors (Lipinski definition) is 1. The molecule has 0 spiro atoms. The SMILES string of the molecule is COc1ccc(OC)c(NCC(=O)c2cc(C)n(C)c2C)c1. The third-order valence-corrected chi connectivity index (χ3v) is 3.92. The summed E-state index contributed by atoms with van der Waals surface area (Å²) in [6.07, 6.45) is 0. The minimum absolute atomic E-state index is 0.0473. The van der Waals surface area contributed by atoms with Gasteiger partial charge < -0.3 is 19.4 Å². The first-order valence-corrected chi connectivity index (χ1v) is 7.10. The monoisotopic (exact) mass is 302 g/mol. The van der Waals surface area contributed by atoms with Gasteiger partial charge in [0.2, 0.25) is 0 Å². The van der Waals surface area contributed by atoms with Crippen LogP contribution in [0.5, 0.6) is 11.5 Å². The Balaban J connectivity index is 2.15. The number of aryl methyl sites for hydroxylation is 1. The number of anilines is 1. The fourth-order valence-corrected chi connectivity index (χ4v) is 2.36. The van der Waals surface area contributed by atoms with Crippen LogP contribution in [0.1, 0.15) is 21.7 Å². The van der Waals surface area contributed by atoms with E-state index in [0.717, 1.165) is 22.6 Å². The molecule has 1 aromatic heterocycles. The second-order valence-corrected chi connectivity index (χ2v) is 5.19. The lowest BCUT2D eigenvalue weighted by atomic mass is 10.1. The van der Waals surface area contributed by atoms with Crippen molar-refractivity contribution in [2.75, 3.05) is 26.1 Å². The van der Waals surface area contributed by atoms with E-state index in [0.29, 0.717) is 11.5 Å². The summed E-state index contributed by atoms with van der Waals surface area (Å²) < 4.78 is 12.5. The molecule has 0 aliphatic rings. The van der Waals surface area contributed by atoms with E-state index in [1.807, 2.05) is 49.7 Å². The molecular formula is C17H22N2O3. The molecule has 0 radical (unpaired) electrons. The number of Topliss-reactive ketones (excluding diaryl/α,β-unsaturated/α-hetero) is 1. The number of nitrogens with one attached hydrogen (secondary N) is 1. The summed E-state index contributed by atoms with van der Waals surface area (Å²) in [5, 5.41) is 3.13. The first-order valence-electron chi connectivity index (χ1n) is 7.10. The van der Waals surface area contributed by atoms with Crippen molar-refractivity contribution in [1.82, 2.24) is 4.57 Å². The van der Waals surface area contributed by atoms with Crippen molar-refractivity contribution in [3.63, 3.8) is 0 Å². The highest BCUT2D eigenvalue weighted by molar-refractivity contribution is 6.00. The topological polar surface area (TPSA) is 52.5 Å². The number of hydrogen-bond acceptors (Lipinski definition) is 4. The van der Waals surface area contributed by atoms with E-state index in [1.54, 1.807) is 14.2 Å².